The van der Waals surface area contributed by atoms with Crippen LogP contribution in [0.1, 0.15) is 41.8 Å². The second-order valence-corrected chi connectivity index (χ2v) is 8.65. The van der Waals surface area contributed by atoms with E-state index in [0.717, 1.165) is 19.0 Å². The van der Waals surface area contributed by atoms with Crippen molar-refractivity contribution in [2.45, 2.75) is 39.0 Å². The van der Waals surface area contributed by atoms with Crippen molar-refractivity contribution in [3.63, 3.8) is 0 Å². The lowest BCUT2D eigenvalue weighted by atomic mass is 9.88. The first-order chi connectivity index (χ1) is 14.2. The highest BCUT2D eigenvalue weighted by atomic mass is 32.1. The van der Waals surface area contributed by atoms with Crippen molar-refractivity contribution in [1.82, 2.24) is 15.5 Å². The summed E-state index contributed by atoms with van der Waals surface area (Å²) >= 11 is 1.87. The summed E-state index contributed by atoms with van der Waals surface area (Å²) in [5.74, 6) is 1.48. The quantitative estimate of drug-likeness (QED) is 0.506. The van der Waals surface area contributed by atoms with E-state index in [-0.39, 0.29) is 0 Å². The number of rotatable bonds is 8. The van der Waals surface area contributed by atoms with Gasteiger partial charge in [-0.05, 0) is 61.8 Å². The molecule has 0 radical (unpaired) electrons. The van der Waals surface area contributed by atoms with Crippen molar-refractivity contribution in [3.8, 4) is 0 Å². The first kappa shape index (κ1) is 21.8. The molecule has 1 aliphatic rings. The molecule has 0 aliphatic carbocycles. The molecule has 6 heteroatoms. The van der Waals surface area contributed by atoms with Gasteiger partial charge in [0.15, 0.2) is 5.96 Å². The SMILES string of the molecule is CCNC(=NCc1cccc(COC)c1)NCC1CCCN(C)C1c1cccs1. The van der Waals surface area contributed by atoms with Gasteiger partial charge in [-0.3, -0.25) is 4.90 Å². The van der Waals surface area contributed by atoms with Crippen LogP contribution < -0.4 is 10.6 Å². The van der Waals surface area contributed by atoms with Crippen LogP contribution in [0.2, 0.25) is 0 Å². The van der Waals surface area contributed by atoms with Crippen LogP contribution in [0.4, 0.5) is 0 Å². The lowest BCUT2D eigenvalue weighted by Gasteiger charge is -2.39. The van der Waals surface area contributed by atoms with E-state index in [1.807, 2.05) is 11.3 Å². The Morgan fingerprint density at radius 2 is 2.10 bits per heavy atom. The highest BCUT2D eigenvalue weighted by Gasteiger charge is 2.31. The van der Waals surface area contributed by atoms with Crippen molar-refractivity contribution in [2.24, 2.45) is 10.9 Å². The topological polar surface area (TPSA) is 48.9 Å². The van der Waals surface area contributed by atoms with E-state index < -0.39 is 0 Å². The maximum absolute atomic E-state index is 5.24. The maximum Gasteiger partial charge on any atom is 0.191 e. The zero-order valence-corrected chi connectivity index (χ0v) is 18.7. The number of benzene rings is 1. The van der Waals surface area contributed by atoms with Crippen molar-refractivity contribution >= 4 is 17.3 Å². The van der Waals surface area contributed by atoms with Gasteiger partial charge in [0.25, 0.3) is 0 Å². The molecule has 5 nitrogen and oxygen atoms in total. The molecule has 1 saturated heterocycles. The van der Waals surface area contributed by atoms with Gasteiger partial charge < -0.3 is 15.4 Å². The first-order valence-electron chi connectivity index (χ1n) is 10.5. The fraction of sp³-hybridized carbons (Fsp3) is 0.522. The van der Waals surface area contributed by atoms with E-state index in [1.165, 1.54) is 35.4 Å². The predicted octanol–water partition coefficient (Wildman–Crippen LogP) is 4.03. The van der Waals surface area contributed by atoms with Gasteiger partial charge in [-0.1, -0.05) is 30.3 Å². The Labute approximate surface area is 179 Å². The molecule has 29 heavy (non-hydrogen) atoms. The Morgan fingerprint density at radius 3 is 2.86 bits per heavy atom. The standard InChI is InChI=1S/C23H34N4OS/c1-4-24-23(25-15-18-8-5-9-19(14-18)17-28-3)26-16-20-10-6-12-27(2)22(20)21-11-7-13-29-21/h5,7-9,11,13-14,20,22H,4,6,10,12,15-17H2,1-3H3,(H2,24,25,26). The fourth-order valence-electron chi connectivity index (χ4n) is 4.11. The average Bonchev–Trinajstić information content (AvgIpc) is 3.25. The van der Waals surface area contributed by atoms with Crippen LogP contribution in [0.3, 0.4) is 0 Å². The van der Waals surface area contributed by atoms with Crippen LogP contribution in [0.15, 0.2) is 46.8 Å². The van der Waals surface area contributed by atoms with Crippen LogP contribution in [0.5, 0.6) is 0 Å². The Hall–Kier alpha value is -1.89. The van der Waals surface area contributed by atoms with E-state index in [0.29, 0.717) is 25.1 Å². The molecule has 1 aromatic heterocycles. The van der Waals surface area contributed by atoms with Crippen molar-refractivity contribution in [1.29, 1.82) is 0 Å². The van der Waals surface area contributed by atoms with E-state index in [4.69, 9.17) is 9.73 Å². The van der Waals surface area contributed by atoms with E-state index in [9.17, 15) is 0 Å². The molecule has 2 N–H and O–H groups in total. The van der Waals surface area contributed by atoms with Crippen molar-refractivity contribution < 1.29 is 4.74 Å². The second kappa shape index (κ2) is 11.3. The summed E-state index contributed by atoms with van der Waals surface area (Å²) in [5.41, 5.74) is 2.38. The smallest absolute Gasteiger partial charge is 0.191 e. The third-order valence-electron chi connectivity index (χ3n) is 5.44. The number of aliphatic imine (C=N–C) groups is 1. The molecule has 3 rings (SSSR count). The molecule has 0 saturated carbocycles. The highest BCUT2D eigenvalue weighted by molar-refractivity contribution is 7.10. The normalized spacial score (nSPS) is 20.6. The zero-order valence-electron chi connectivity index (χ0n) is 17.9. The van der Waals surface area contributed by atoms with E-state index in [1.54, 1.807) is 7.11 Å². The minimum Gasteiger partial charge on any atom is -0.380 e. The van der Waals surface area contributed by atoms with Gasteiger partial charge in [0, 0.05) is 31.1 Å². The van der Waals surface area contributed by atoms with Gasteiger partial charge in [0.2, 0.25) is 0 Å². The molecule has 2 atom stereocenters. The van der Waals surface area contributed by atoms with Gasteiger partial charge in [0.1, 0.15) is 0 Å². The first-order valence-corrected chi connectivity index (χ1v) is 11.4. The number of methoxy groups -OCH3 is 1. The Kier molecular flexibility index (Phi) is 8.52. The Morgan fingerprint density at radius 1 is 1.24 bits per heavy atom. The number of hydrogen-bond acceptors (Lipinski definition) is 4. The zero-order chi connectivity index (χ0) is 20.5. The molecule has 2 heterocycles. The molecule has 2 unspecified atom stereocenters. The molecule has 1 fully saturated rings. The molecule has 2 aromatic rings. The maximum atomic E-state index is 5.24. The molecule has 1 aliphatic heterocycles. The van der Waals surface area contributed by atoms with Gasteiger partial charge >= 0.3 is 0 Å². The molecule has 1 aromatic carbocycles. The fourth-order valence-corrected chi connectivity index (χ4v) is 5.09. The summed E-state index contributed by atoms with van der Waals surface area (Å²) in [6.07, 6.45) is 2.50. The highest BCUT2D eigenvalue weighted by Crippen LogP contribution is 2.36. The lowest BCUT2D eigenvalue weighted by molar-refractivity contribution is 0.125. The predicted molar refractivity (Wildman–Crippen MR) is 122 cm³/mol. The van der Waals surface area contributed by atoms with Crippen LogP contribution in [0.25, 0.3) is 0 Å². The van der Waals surface area contributed by atoms with Gasteiger partial charge in [-0.2, -0.15) is 0 Å². The summed E-state index contributed by atoms with van der Waals surface area (Å²) in [4.78, 5) is 8.79. The molecule has 0 spiro atoms. The monoisotopic (exact) mass is 414 g/mol. The second-order valence-electron chi connectivity index (χ2n) is 7.67. The molecule has 0 bridgehead atoms. The third kappa shape index (κ3) is 6.29. The van der Waals surface area contributed by atoms with Crippen LogP contribution >= 0.6 is 11.3 Å². The minimum absolute atomic E-state index is 0.491. The summed E-state index contributed by atoms with van der Waals surface area (Å²) in [6, 6.07) is 13.4. The summed E-state index contributed by atoms with van der Waals surface area (Å²) < 4.78 is 5.24. The number of thiophene rings is 1. The number of piperidine rings is 1. The Balaban J connectivity index is 1.63. The molecule has 158 valence electrons. The van der Waals surface area contributed by atoms with Gasteiger partial charge in [-0.25, -0.2) is 4.99 Å². The number of nitrogens with one attached hydrogen (secondary N) is 2. The number of nitrogens with zero attached hydrogens (tertiary/aromatic N) is 2. The van der Waals surface area contributed by atoms with E-state index in [2.05, 4.69) is 71.3 Å². The minimum atomic E-state index is 0.491. The Bertz CT molecular complexity index is 762. The van der Waals surface area contributed by atoms with Crippen LogP contribution in [-0.2, 0) is 17.9 Å². The number of ether oxygens (including phenoxy) is 1. The summed E-state index contributed by atoms with van der Waals surface area (Å²) in [7, 11) is 3.98. The van der Waals surface area contributed by atoms with Crippen LogP contribution in [0, 0.1) is 5.92 Å². The summed E-state index contributed by atoms with van der Waals surface area (Å²) in [6.45, 7) is 6.36. The number of likely N-dealkylation sites (tertiary alicyclic amines) is 1. The van der Waals surface area contributed by atoms with Crippen LogP contribution in [-0.4, -0.2) is 44.7 Å². The molecular weight excluding hydrogens is 380 g/mol. The van der Waals surface area contributed by atoms with E-state index >= 15 is 0 Å². The van der Waals surface area contributed by atoms with Crippen molar-refractivity contribution in [3.05, 3.63) is 57.8 Å². The molecular formula is C23H34N4OS. The number of hydrogen-bond donors (Lipinski definition) is 2. The average molecular weight is 415 g/mol. The van der Waals surface area contributed by atoms with Gasteiger partial charge in [-0.15, -0.1) is 11.3 Å². The summed E-state index contributed by atoms with van der Waals surface area (Å²) in [5, 5.41) is 9.19. The van der Waals surface area contributed by atoms with Crippen molar-refractivity contribution in [2.75, 3.05) is 33.8 Å². The molecule has 0 amide bonds. The lowest BCUT2D eigenvalue weighted by Crippen LogP contribution is -2.44. The van der Waals surface area contributed by atoms with Gasteiger partial charge in [0.05, 0.1) is 13.2 Å². The number of guanidine groups is 1. The largest absolute Gasteiger partial charge is 0.380 e. The third-order valence-corrected chi connectivity index (χ3v) is 6.38.